The van der Waals surface area contributed by atoms with E-state index in [2.05, 4.69) is 45.2 Å². The molecule has 0 saturated carbocycles. The lowest BCUT2D eigenvalue weighted by molar-refractivity contribution is 0.0998. The van der Waals surface area contributed by atoms with Gasteiger partial charge in [0.2, 0.25) is 0 Å². The highest BCUT2D eigenvalue weighted by Gasteiger charge is 2.08. The normalized spacial score (nSPS) is 9.64. The summed E-state index contributed by atoms with van der Waals surface area (Å²) in [6.07, 6.45) is 0. The van der Waals surface area contributed by atoms with Crippen LogP contribution in [0.1, 0.15) is 10.4 Å². The lowest BCUT2D eigenvalue weighted by Gasteiger charge is -2.00. The first kappa shape index (κ1) is 9.24. The first-order valence-electron chi connectivity index (χ1n) is 2.86. The highest BCUT2D eigenvalue weighted by atomic mass is 127. The molecule has 58 valence electrons. The minimum Gasteiger partial charge on any atom is -0.366 e. The van der Waals surface area contributed by atoms with Crippen molar-refractivity contribution in [3.8, 4) is 0 Å². The van der Waals surface area contributed by atoms with Crippen molar-refractivity contribution in [2.45, 2.75) is 0 Å². The summed E-state index contributed by atoms with van der Waals surface area (Å²) in [5, 5.41) is 0. The van der Waals surface area contributed by atoms with Crippen molar-refractivity contribution >= 4 is 51.1 Å². The zero-order chi connectivity index (χ0) is 8.43. The van der Waals surface area contributed by atoms with Crippen LogP contribution in [0.25, 0.3) is 0 Å². The Morgan fingerprint density at radius 2 is 1.73 bits per heavy atom. The van der Waals surface area contributed by atoms with E-state index >= 15 is 0 Å². The molecule has 0 saturated heterocycles. The predicted molar refractivity (Wildman–Crippen MR) is 60.4 cm³/mol. The zero-order valence-corrected chi connectivity index (χ0v) is 9.79. The van der Waals surface area contributed by atoms with Crippen LogP contribution >= 0.6 is 45.2 Å². The van der Waals surface area contributed by atoms with Crippen LogP contribution < -0.4 is 5.73 Å². The number of rotatable bonds is 1. The van der Waals surface area contributed by atoms with Gasteiger partial charge in [-0.05, 0) is 57.3 Å². The van der Waals surface area contributed by atoms with E-state index in [9.17, 15) is 4.79 Å². The van der Waals surface area contributed by atoms with E-state index in [-0.39, 0.29) is 5.91 Å². The molecule has 1 aromatic carbocycles. The molecule has 0 fully saturated rings. The summed E-state index contributed by atoms with van der Waals surface area (Å²) in [4.78, 5) is 10.9. The largest absolute Gasteiger partial charge is 0.366 e. The highest BCUT2D eigenvalue weighted by molar-refractivity contribution is 14.1. The molecule has 0 spiro atoms. The third-order valence-electron chi connectivity index (χ3n) is 1.21. The Kier molecular flexibility index (Phi) is 3.11. The van der Waals surface area contributed by atoms with Gasteiger partial charge in [0.1, 0.15) is 0 Å². The Morgan fingerprint density at radius 3 is 2.00 bits per heavy atom. The molecule has 2 nitrogen and oxygen atoms in total. The van der Waals surface area contributed by atoms with Gasteiger partial charge in [-0.25, -0.2) is 0 Å². The van der Waals surface area contributed by atoms with Gasteiger partial charge in [0, 0.05) is 7.14 Å². The van der Waals surface area contributed by atoms with Crippen LogP contribution in [0.4, 0.5) is 0 Å². The van der Waals surface area contributed by atoms with Crippen molar-refractivity contribution in [3.63, 3.8) is 0 Å². The van der Waals surface area contributed by atoms with Gasteiger partial charge in [0.15, 0.2) is 0 Å². The predicted octanol–water partition coefficient (Wildman–Crippen LogP) is 1.99. The van der Waals surface area contributed by atoms with Crippen LogP contribution in [0, 0.1) is 7.14 Å². The molecular formula is C7H5I2NO. The number of nitrogens with two attached hydrogens (primary N) is 1. The number of hydrogen-bond acceptors (Lipinski definition) is 1. The van der Waals surface area contributed by atoms with Crippen molar-refractivity contribution in [3.05, 3.63) is 30.9 Å². The second-order valence-electron chi connectivity index (χ2n) is 1.96. The fourth-order valence-electron chi connectivity index (χ4n) is 0.733. The van der Waals surface area contributed by atoms with Crippen LogP contribution in [0.5, 0.6) is 0 Å². The molecule has 2 N–H and O–H groups in total. The third-order valence-corrected chi connectivity index (χ3v) is 3.01. The maximum atomic E-state index is 10.9. The summed E-state index contributed by atoms with van der Waals surface area (Å²) >= 11 is 4.19. The summed E-state index contributed by atoms with van der Waals surface area (Å²) < 4.78 is 1.81. The summed E-state index contributed by atoms with van der Waals surface area (Å²) in [6.45, 7) is 0. The van der Waals surface area contributed by atoms with E-state index in [0.717, 1.165) is 7.14 Å². The van der Waals surface area contributed by atoms with Crippen molar-refractivity contribution in [1.29, 1.82) is 0 Å². The zero-order valence-electron chi connectivity index (χ0n) is 5.47. The highest BCUT2D eigenvalue weighted by Crippen LogP contribution is 2.17. The van der Waals surface area contributed by atoms with E-state index in [1.165, 1.54) is 0 Å². The fraction of sp³-hybridized carbons (Fsp3) is 0. The Bertz CT molecular complexity index is 278. The molecule has 0 aliphatic rings. The summed E-state index contributed by atoms with van der Waals surface area (Å²) in [5.41, 5.74) is 5.79. The van der Waals surface area contributed by atoms with Crippen LogP contribution in [0.15, 0.2) is 18.2 Å². The molecule has 0 heterocycles. The lowest BCUT2D eigenvalue weighted by Crippen LogP contribution is -2.14. The molecule has 1 aromatic rings. The molecule has 0 aliphatic heterocycles. The van der Waals surface area contributed by atoms with E-state index in [4.69, 9.17) is 5.73 Å². The van der Waals surface area contributed by atoms with Gasteiger partial charge in [0.05, 0.1) is 5.56 Å². The minimum absolute atomic E-state index is 0.362. The average molecular weight is 373 g/mol. The van der Waals surface area contributed by atoms with Crippen molar-refractivity contribution < 1.29 is 4.79 Å². The minimum atomic E-state index is -0.362. The molecule has 0 aromatic heterocycles. The molecule has 0 atom stereocenters. The topological polar surface area (TPSA) is 43.1 Å². The Balaban J connectivity index is 3.32. The molecule has 4 heteroatoms. The van der Waals surface area contributed by atoms with E-state index in [0.29, 0.717) is 5.56 Å². The lowest BCUT2D eigenvalue weighted by atomic mass is 10.2. The summed E-state index contributed by atoms with van der Waals surface area (Å²) in [5.74, 6) is -0.362. The Labute approximate surface area is 91.8 Å². The van der Waals surface area contributed by atoms with Gasteiger partial charge in [-0.1, -0.05) is 6.07 Å². The summed E-state index contributed by atoms with van der Waals surface area (Å²) in [7, 11) is 0. The molecule has 0 radical (unpaired) electrons. The fourth-order valence-corrected chi connectivity index (χ4v) is 2.78. The average Bonchev–Trinajstić information content (AvgIpc) is 1.85. The molecule has 11 heavy (non-hydrogen) atoms. The number of hydrogen-bond donors (Lipinski definition) is 1. The number of halogens is 2. The van der Waals surface area contributed by atoms with Gasteiger partial charge in [-0.3, -0.25) is 4.79 Å². The molecule has 1 rings (SSSR count). The van der Waals surface area contributed by atoms with Crippen molar-refractivity contribution in [1.82, 2.24) is 0 Å². The second-order valence-corrected chi connectivity index (χ2v) is 4.29. The van der Waals surface area contributed by atoms with E-state index in [1.807, 2.05) is 18.2 Å². The monoisotopic (exact) mass is 373 g/mol. The number of benzene rings is 1. The van der Waals surface area contributed by atoms with Gasteiger partial charge in [-0.2, -0.15) is 0 Å². The maximum absolute atomic E-state index is 10.9. The standard InChI is InChI=1S/C7H5I2NO/c8-4-2-1-3-5(9)6(4)7(10)11/h1-3H,(H2,10,11). The third kappa shape index (κ3) is 2.05. The SMILES string of the molecule is NC(=O)c1c(I)cccc1I. The molecule has 0 aliphatic carbocycles. The smallest absolute Gasteiger partial charge is 0.250 e. The first-order chi connectivity index (χ1) is 5.13. The van der Waals surface area contributed by atoms with Gasteiger partial charge in [0.25, 0.3) is 5.91 Å². The molecule has 0 unspecified atom stereocenters. The molecule has 0 bridgehead atoms. The molecular weight excluding hydrogens is 368 g/mol. The maximum Gasteiger partial charge on any atom is 0.250 e. The van der Waals surface area contributed by atoms with Crippen molar-refractivity contribution in [2.75, 3.05) is 0 Å². The van der Waals surface area contributed by atoms with Gasteiger partial charge in [-0.15, -0.1) is 0 Å². The van der Waals surface area contributed by atoms with Crippen LogP contribution in [-0.4, -0.2) is 5.91 Å². The van der Waals surface area contributed by atoms with Crippen LogP contribution in [-0.2, 0) is 0 Å². The van der Waals surface area contributed by atoms with Gasteiger partial charge < -0.3 is 5.73 Å². The van der Waals surface area contributed by atoms with E-state index in [1.54, 1.807) is 0 Å². The number of carbonyl (C=O) groups is 1. The number of primary amides is 1. The second kappa shape index (κ2) is 3.70. The van der Waals surface area contributed by atoms with Crippen LogP contribution in [0.3, 0.4) is 0 Å². The van der Waals surface area contributed by atoms with E-state index < -0.39 is 0 Å². The van der Waals surface area contributed by atoms with Gasteiger partial charge >= 0.3 is 0 Å². The van der Waals surface area contributed by atoms with Crippen LogP contribution in [0.2, 0.25) is 0 Å². The quantitative estimate of drug-likeness (QED) is 0.753. The summed E-state index contributed by atoms with van der Waals surface area (Å²) in [6, 6.07) is 5.63. The Morgan fingerprint density at radius 1 is 1.27 bits per heavy atom. The molecule has 1 amide bonds. The Hall–Kier alpha value is 0.150. The van der Waals surface area contributed by atoms with Crippen molar-refractivity contribution in [2.24, 2.45) is 5.73 Å². The first-order valence-corrected chi connectivity index (χ1v) is 5.02. The number of amides is 1. The number of carbonyl (C=O) groups excluding carboxylic acids is 1.